The van der Waals surface area contributed by atoms with E-state index in [1.165, 1.54) is 49.7 Å². The van der Waals surface area contributed by atoms with Crippen LogP contribution in [0.25, 0.3) is 21.9 Å². The molecule has 1 aliphatic rings. The van der Waals surface area contributed by atoms with Crippen molar-refractivity contribution in [3.8, 4) is 11.1 Å². The number of halogens is 2. The van der Waals surface area contributed by atoms with Crippen molar-refractivity contribution in [1.82, 2.24) is 0 Å². The standard InChI is InChI=1S/C28H25.2ClH.H2N.Ti/c1-18-25(17-19-11-5-6-12-20(19)27(18)28(2,3)4)26-23-15-9-7-13-21(23)22-14-8-10-16-24(22)26;;;;/h5-17,26H,1H2,2-4H3;2*1H;1H2;/q;;;-1;+3/p-2. The molecule has 4 aromatic rings. The van der Waals surface area contributed by atoms with Gasteiger partial charge in [-0.2, -0.15) is 0 Å². The molecule has 0 saturated carbocycles. The summed E-state index contributed by atoms with van der Waals surface area (Å²) in [5.74, 6) is 0.140. The second-order valence-corrected chi connectivity index (χ2v) is 19.1. The average molecular weight is 496 g/mol. The van der Waals surface area contributed by atoms with Gasteiger partial charge in [-0.05, 0) is 0 Å². The SMILES string of the molecule is CC(C)(C)c1c([CH2][Ti]([NH2])([Cl])[Cl])c(C2c3ccccc3-c3ccccc32)cc2ccccc12. The van der Waals surface area contributed by atoms with Gasteiger partial charge in [0.05, 0.1) is 0 Å². The van der Waals surface area contributed by atoms with Crippen LogP contribution in [0.2, 0.25) is 0 Å². The predicted octanol–water partition coefficient (Wildman–Crippen LogP) is 8.13. The Balaban J connectivity index is 1.90. The van der Waals surface area contributed by atoms with Crippen LogP contribution in [-0.4, -0.2) is 0 Å². The average Bonchev–Trinajstić information content (AvgIpc) is 3.05. The number of hydrogen-bond donors (Lipinski definition) is 1. The third-order valence-electron chi connectivity index (χ3n) is 6.50. The van der Waals surface area contributed by atoms with Crippen molar-refractivity contribution in [1.29, 1.82) is 0 Å². The summed E-state index contributed by atoms with van der Waals surface area (Å²) < 4.78 is 6.97. The summed E-state index contributed by atoms with van der Waals surface area (Å²) in [7, 11) is 13.3. The van der Waals surface area contributed by atoms with Crippen LogP contribution >= 0.6 is 18.6 Å². The predicted molar refractivity (Wildman–Crippen MR) is 135 cm³/mol. The van der Waals surface area contributed by atoms with E-state index in [0.29, 0.717) is 4.73 Å². The quantitative estimate of drug-likeness (QED) is 0.251. The van der Waals surface area contributed by atoms with E-state index in [1.54, 1.807) is 0 Å². The van der Waals surface area contributed by atoms with Gasteiger partial charge in [0.25, 0.3) is 0 Å². The first-order valence-electron chi connectivity index (χ1n) is 11.0. The van der Waals surface area contributed by atoms with E-state index in [4.69, 9.17) is 22.8 Å². The number of fused-ring (bicyclic) bond motifs is 4. The summed E-state index contributed by atoms with van der Waals surface area (Å²) in [6.07, 6.45) is 0. The fraction of sp³-hybridized carbons (Fsp3) is 0.214. The van der Waals surface area contributed by atoms with Gasteiger partial charge in [-0.15, -0.1) is 0 Å². The zero-order valence-electron chi connectivity index (χ0n) is 18.6. The van der Waals surface area contributed by atoms with Gasteiger partial charge in [0.2, 0.25) is 0 Å². The normalized spacial score (nSPS) is 13.9. The molecule has 0 aliphatic heterocycles. The minimum absolute atomic E-state index is 0.0795. The zero-order chi connectivity index (χ0) is 22.7. The van der Waals surface area contributed by atoms with Crippen LogP contribution in [0.5, 0.6) is 0 Å². The van der Waals surface area contributed by atoms with Crippen molar-refractivity contribution in [3.63, 3.8) is 0 Å². The van der Waals surface area contributed by atoms with E-state index < -0.39 is 14.7 Å². The van der Waals surface area contributed by atoms with E-state index in [1.807, 2.05) is 0 Å². The minimum atomic E-state index is -3.46. The molecular formula is C28H27Cl2NTi. The van der Waals surface area contributed by atoms with Crippen LogP contribution in [0, 0.1) is 0 Å². The first-order valence-corrected chi connectivity index (χ1v) is 17.4. The molecule has 0 bridgehead atoms. The topological polar surface area (TPSA) is 26.0 Å². The Morgan fingerprint density at radius 1 is 0.781 bits per heavy atom. The molecule has 1 nitrogen and oxygen atoms in total. The van der Waals surface area contributed by atoms with Gasteiger partial charge in [0.1, 0.15) is 0 Å². The Morgan fingerprint density at radius 3 is 1.88 bits per heavy atom. The van der Waals surface area contributed by atoms with Crippen LogP contribution in [-0.2, 0) is 24.9 Å². The Bertz CT molecular complexity index is 1290. The molecule has 0 fully saturated rings. The van der Waals surface area contributed by atoms with E-state index >= 15 is 0 Å². The van der Waals surface area contributed by atoms with Gasteiger partial charge >= 0.3 is 203 Å². The summed E-state index contributed by atoms with van der Waals surface area (Å²) >= 11 is -3.46. The molecule has 0 aromatic heterocycles. The maximum atomic E-state index is 6.65. The summed E-state index contributed by atoms with van der Waals surface area (Å²) in [6.45, 7) is 6.81. The monoisotopic (exact) mass is 495 g/mol. The molecule has 0 saturated heterocycles. The third-order valence-corrected chi connectivity index (χ3v) is 8.89. The van der Waals surface area contributed by atoms with Crippen molar-refractivity contribution < 1.29 is 14.7 Å². The maximum absolute atomic E-state index is 6.65. The molecule has 2 N–H and O–H groups in total. The summed E-state index contributed by atoms with van der Waals surface area (Å²) in [5.41, 5.74) is 9.05. The van der Waals surface area contributed by atoms with Gasteiger partial charge in [-0.1, -0.05) is 0 Å². The zero-order valence-corrected chi connectivity index (χ0v) is 21.7. The number of benzene rings is 4. The Morgan fingerprint density at radius 2 is 1.31 bits per heavy atom. The third kappa shape index (κ3) is 3.85. The van der Waals surface area contributed by atoms with Gasteiger partial charge in [0, 0.05) is 0 Å². The molecule has 4 heteroatoms. The van der Waals surface area contributed by atoms with E-state index in [-0.39, 0.29) is 11.3 Å². The van der Waals surface area contributed by atoms with Crippen LogP contribution < -0.4 is 4.22 Å². The molecule has 1 aliphatic carbocycles. The van der Waals surface area contributed by atoms with E-state index in [9.17, 15) is 0 Å². The molecule has 0 atom stereocenters. The van der Waals surface area contributed by atoms with E-state index in [0.717, 1.165) is 0 Å². The Labute approximate surface area is 202 Å². The van der Waals surface area contributed by atoms with Crippen molar-refractivity contribution in [3.05, 3.63) is 107 Å². The number of nitrogens with two attached hydrogens (primary N) is 1. The summed E-state index contributed by atoms with van der Waals surface area (Å²) in [4.78, 5) is 0. The fourth-order valence-electron chi connectivity index (χ4n) is 5.44. The molecule has 0 heterocycles. The number of rotatable bonds is 3. The van der Waals surface area contributed by atoms with Crippen molar-refractivity contribution in [2.75, 3.05) is 0 Å². The van der Waals surface area contributed by atoms with Crippen LogP contribution in [0.3, 0.4) is 0 Å². The fourth-order valence-corrected chi connectivity index (χ4v) is 7.88. The molecule has 0 radical (unpaired) electrons. The van der Waals surface area contributed by atoms with Crippen LogP contribution in [0.15, 0.2) is 78.9 Å². The molecule has 0 amide bonds. The van der Waals surface area contributed by atoms with Crippen molar-refractivity contribution >= 4 is 29.4 Å². The van der Waals surface area contributed by atoms with E-state index in [2.05, 4.69) is 99.6 Å². The molecule has 32 heavy (non-hydrogen) atoms. The van der Waals surface area contributed by atoms with Crippen molar-refractivity contribution in [2.24, 2.45) is 4.22 Å². The second kappa shape index (κ2) is 8.01. The Hall–Kier alpha value is -1.61. The molecule has 5 rings (SSSR count). The molecule has 0 unspecified atom stereocenters. The van der Waals surface area contributed by atoms with Gasteiger partial charge < -0.3 is 0 Å². The Kier molecular flexibility index (Phi) is 5.56. The first kappa shape index (κ1) is 22.2. The van der Waals surface area contributed by atoms with Crippen molar-refractivity contribution in [2.45, 2.75) is 36.8 Å². The molecule has 162 valence electrons. The molecular weight excluding hydrogens is 469 g/mol. The van der Waals surface area contributed by atoms with Gasteiger partial charge in [-0.25, -0.2) is 0 Å². The van der Waals surface area contributed by atoms with Gasteiger partial charge in [0.15, 0.2) is 0 Å². The summed E-state index contributed by atoms with van der Waals surface area (Å²) in [6, 6.07) is 28.5. The second-order valence-electron chi connectivity index (χ2n) is 9.84. The summed E-state index contributed by atoms with van der Waals surface area (Å²) in [5, 5.41) is 2.51. The van der Waals surface area contributed by atoms with Crippen LogP contribution in [0.1, 0.15) is 54.5 Å². The first-order chi connectivity index (χ1) is 15.1. The molecule has 4 aromatic carbocycles. The van der Waals surface area contributed by atoms with Gasteiger partial charge in [-0.3, -0.25) is 0 Å². The number of hydrogen-bond acceptors (Lipinski definition) is 1. The molecule has 0 spiro atoms. The van der Waals surface area contributed by atoms with Crippen LogP contribution in [0.4, 0.5) is 0 Å².